The summed E-state index contributed by atoms with van der Waals surface area (Å²) in [6.45, 7) is 4.06. The molecule has 1 amide bonds. The molecule has 0 aliphatic heterocycles. The van der Waals surface area contributed by atoms with Gasteiger partial charge in [-0.3, -0.25) is 25.8 Å². The second-order valence-corrected chi connectivity index (χ2v) is 4.39. The third-order valence-electron chi connectivity index (χ3n) is 2.37. The van der Waals surface area contributed by atoms with Gasteiger partial charge in [-0.25, -0.2) is 0 Å². The number of nitro groups is 1. The molecular weight excluding hydrogens is 296 g/mol. The van der Waals surface area contributed by atoms with E-state index in [1.807, 2.05) is 6.92 Å². The fraction of sp³-hybridized carbons (Fsp3) is 0.333. The number of nitro benzene ring substituents is 1. The standard InChI is InChI=1S/C12H16N4O4S/c1-3-13-12(21)15-14-11(17)8(2)20-10-6-4-9(5-7-10)16(18)19/h4-8H,3H2,1-2H3,(H,14,17)(H2,13,15,21)/t8-/m0/s1. The molecule has 0 aliphatic rings. The molecule has 8 nitrogen and oxygen atoms in total. The molecule has 1 atom stereocenters. The van der Waals surface area contributed by atoms with Gasteiger partial charge in [-0.1, -0.05) is 0 Å². The number of nitrogens with zero attached hydrogens (tertiary/aromatic N) is 1. The smallest absolute Gasteiger partial charge is 0.279 e. The van der Waals surface area contributed by atoms with Crippen molar-refractivity contribution in [3.8, 4) is 5.75 Å². The molecule has 3 N–H and O–H groups in total. The molecule has 0 saturated carbocycles. The van der Waals surface area contributed by atoms with Crippen LogP contribution in [0.5, 0.6) is 5.75 Å². The van der Waals surface area contributed by atoms with E-state index in [1.165, 1.54) is 24.3 Å². The molecule has 0 unspecified atom stereocenters. The summed E-state index contributed by atoms with van der Waals surface area (Å²) >= 11 is 4.88. The number of non-ortho nitro benzene ring substituents is 1. The summed E-state index contributed by atoms with van der Waals surface area (Å²) in [4.78, 5) is 21.7. The number of ether oxygens (including phenoxy) is 1. The van der Waals surface area contributed by atoms with Crippen LogP contribution in [-0.4, -0.2) is 28.6 Å². The monoisotopic (exact) mass is 312 g/mol. The summed E-state index contributed by atoms with van der Waals surface area (Å²) in [5.41, 5.74) is 4.87. The van der Waals surface area contributed by atoms with Crippen LogP contribution in [0.2, 0.25) is 0 Å². The molecule has 0 fully saturated rings. The Bertz CT molecular complexity index is 520. The van der Waals surface area contributed by atoms with Crippen LogP contribution in [0.4, 0.5) is 5.69 Å². The number of thiocarbonyl (C=S) groups is 1. The van der Waals surface area contributed by atoms with E-state index in [-0.39, 0.29) is 5.69 Å². The van der Waals surface area contributed by atoms with Gasteiger partial charge in [-0.2, -0.15) is 0 Å². The maximum Gasteiger partial charge on any atom is 0.279 e. The quantitative estimate of drug-likeness (QED) is 0.421. The number of nitrogens with one attached hydrogen (secondary N) is 3. The Hall–Kier alpha value is -2.42. The van der Waals surface area contributed by atoms with Crippen LogP contribution in [0.15, 0.2) is 24.3 Å². The average Bonchev–Trinajstić information content (AvgIpc) is 2.45. The van der Waals surface area contributed by atoms with Crippen molar-refractivity contribution in [3.05, 3.63) is 34.4 Å². The van der Waals surface area contributed by atoms with Gasteiger partial charge in [0.1, 0.15) is 5.75 Å². The number of hydrazine groups is 1. The first kappa shape index (κ1) is 16.6. The highest BCUT2D eigenvalue weighted by molar-refractivity contribution is 7.80. The SMILES string of the molecule is CCNC(=S)NNC(=O)[C@H](C)Oc1ccc([N+](=O)[O-])cc1. The predicted octanol–water partition coefficient (Wildman–Crippen LogP) is 0.877. The summed E-state index contributed by atoms with van der Waals surface area (Å²) in [6.07, 6.45) is -0.789. The molecule has 0 bridgehead atoms. The van der Waals surface area contributed by atoms with Crippen LogP contribution in [0.1, 0.15) is 13.8 Å². The van der Waals surface area contributed by atoms with Gasteiger partial charge in [0, 0.05) is 18.7 Å². The van der Waals surface area contributed by atoms with Crippen molar-refractivity contribution < 1.29 is 14.5 Å². The summed E-state index contributed by atoms with van der Waals surface area (Å²) in [5, 5.41) is 13.6. The second kappa shape index (κ2) is 8.00. The number of hydrogen-bond acceptors (Lipinski definition) is 5. The molecule has 1 aromatic rings. The number of hydrogen-bond donors (Lipinski definition) is 3. The zero-order valence-corrected chi connectivity index (χ0v) is 12.4. The van der Waals surface area contributed by atoms with E-state index in [4.69, 9.17) is 17.0 Å². The van der Waals surface area contributed by atoms with E-state index in [0.29, 0.717) is 17.4 Å². The molecule has 0 spiro atoms. The average molecular weight is 312 g/mol. The van der Waals surface area contributed by atoms with Crippen molar-refractivity contribution in [2.45, 2.75) is 20.0 Å². The number of carbonyl (C=O) groups excluding carboxylic acids is 1. The third kappa shape index (κ3) is 5.61. The third-order valence-corrected chi connectivity index (χ3v) is 2.61. The van der Waals surface area contributed by atoms with Crippen LogP contribution >= 0.6 is 12.2 Å². The van der Waals surface area contributed by atoms with Crippen LogP contribution in [-0.2, 0) is 4.79 Å². The molecular formula is C12H16N4O4S. The van der Waals surface area contributed by atoms with Gasteiger partial charge in [-0.05, 0) is 38.2 Å². The normalized spacial score (nSPS) is 11.1. The van der Waals surface area contributed by atoms with Crippen LogP contribution in [0.25, 0.3) is 0 Å². The number of rotatable bonds is 5. The van der Waals surface area contributed by atoms with Crippen LogP contribution in [0, 0.1) is 10.1 Å². The molecule has 0 heterocycles. The Labute approximate surface area is 127 Å². The Morgan fingerprint density at radius 2 is 2.00 bits per heavy atom. The highest BCUT2D eigenvalue weighted by atomic mass is 32.1. The van der Waals surface area contributed by atoms with Crippen molar-refractivity contribution in [2.75, 3.05) is 6.54 Å². The minimum absolute atomic E-state index is 0.0443. The number of carbonyl (C=O) groups is 1. The summed E-state index contributed by atoms with van der Waals surface area (Å²) in [7, 11) is 0. The van der Waals surface area contributed by atoms with E-state index in [9.17, 15) is 14.9 Å². The molecule has 0 radical (unpaired) electrons. The number of amides is 1. The van der Waals surface area contributed by atoms with Gasteiger partial charge in [0.25, 0.3) is 11.6 Å². The zero-order chi connectivity index (χ0) is 15.8. The molecule has 0 aliphatic carbocycles. The summed E-state index contributed by atoms with van der Waals surface area (Å²) in [6, 6.07) is 5.47. The van der Waals surface area contributed by atoms with Crippen molar-refractivity contribution in [3.63, 3.8) is 0 Å². The van der Waals surface area contributed by atoms with Crippen molar-refractivity contribution in [1.29, 1.82) is 0 Å². The zero-order valence-electron chi connectivity index (χ0n) is 11.6. The van der Waals surface area contributed by atoms with Gasteiger partial charge in [0.2, 0.25) is 0 Å². The Morgan fingerprint density at radius 1 is 1.38 bits per heavy atom. The van der Waals surface area contributed by atoms with Crippen molar-refractivity contribution in [1.82, 2.24) is 16.2 Å². The Balaban J connectivity index is 2.48. The summed E-state index contributed by atoms with van der Waals surface area (Å²) < 4.78 is 5.36. The van der Waals surface area contributed by atoms with Crippen molar-refractivity contribution in [2.24, 2.45) is 0 Å². The lowest BCUT2D eigenvalue weighted by Gasteiger charge is -2.16. The maximum absolute atomic E-state index is 11.7. The van der Waals surface area contributed by atoms with Gasteiger partial charge >= 0.3 is 0 Å². The minimum Gasteiger partial charge on any atom is -0.481 e. The van der Waals surface area contributed by atoms with E-state index in [1.54, 1.807) is 6.92 Å². The van der Waals surface area contributed by atoms with E-state index >= 15 is 0 Å². The minimum atomic E-state index is -0.789. The molecule has 9 heteroatoms. The topological polar surface area (TPSA) is 106 Å². The molecule has 1 aromatic carbocycles. The van der Waals surface area contributed by atoms with Gasteiger partial charge in [0.05, 0.1) is 4.92 Å². The van der Waals surface area contributed by atoms with E-state index < -0.39 is 16.9 Å². The first-order valence-corrected chi connectivity index (χ1v) is 6.59. The molecule has 0 saturated heterocycles. The van der Waals surface area contributed by atoms with Gasteiger partial charge < -0.3 is 10.1 Å². The van der Waals surface area contributed by atoms with E-state index in [0.717, 1.165) is 0 Å². The van der Waals surface area contributed by atoms with Crippen molar-refractivity contribution >= 4 is 28.9 Å². The van der Waals surface area contributed by atoms with Gasteiger partial charge in [0.15, 0.2) is 11.2 Å². The number of benzene rings is 1. The summed E-state index contributed by atoms with van der Waals surface area (Å²) in [5.74, 6) is -0.0638. The fourth-order valence-electron chi connectivity index (χ4n) is 1.33. The Morgan fingerprint density at radius 3 is 2.52 bits per heavy atom. The second-order valence-electron chi connectivity index (χ2n) is 3.98. The molecule has 0 aromatic heterocycles. The van der Waals surface area contributed by atoms with Gasteiger partial charge in [-0.15, -0.1) is 0 Å². The van der Waals surface area contributed by atoms with E-state index in [2.05, 4.69) is 16.2 Å². The van der Waals surface area contributed by atoms with Crippen LogP contribution in [0.3, 0.4) is 0 Å². The highest BCUT2D eigenvalue weighted by Gasteiger charge is 2.15. The lowest BCUT2D eigenvalue weighted by Crippen LogP contribution is -2.50. The largest absolute Gasteiger partial charge is 0.481 e. The lowest BCUT2D eigenvalue weighted by molar-refractivity contribution is -0.384. The Kier molecular flexibility index (Phi) is 6.34. The molecule has 21 heavy (non-hydrogen) atoms. The predicted molar refractivity (Wildman–Crippen MR) is 80.7 cm³/mol. The maximum atomic E-state index is 11.7. The lowest BCUT2D eigenvalue weighted by atomic mass is 10.3. The highest BCUT2D eigenvalue weighted by Crippen LogP contribution is 2.18. The molecule has 114 valence electrons. The first-order chi connectivity index (χ1) is 9.93. The first-order valence-electron chi connectivity index (χ1n) is 6.18. The fourth-order valence-corrected chi connectivity index (χ4v) is 1.52. The van der Waals surface area contributed by atoms with Crippen LogP contribution < -0.4 is 20.9 Å². The molecule has 1 rings (SSSR count).